The van der Waals surface area contributed by atoms with E-state index in [1.54, 1.807) is 0 Å². The van der Waals surface area contributed by atoms with Crippen molar-refractivity contribution >= 4 is 0 Å². The Bertz CT molecular complexity index is 360. The van der Waals surface area contributed by atoms with E-state index < -0.39 is 0 Å². The first-order chi connectivity index (χ1) is 8.63. The predicted molar refractivity (Wildman–Crippen MR) is 77.9 cm³/mol. The molecule has 1 aromatic rings. The minimum absolute atomic E-state index is 0.573. The zero-order valence-electron chi connectivity index (χ0n) is 12.0. The molecule has 2 rings (SSSR count). The molecule has 2 heteroatoms. The number of nitrogens with zero attached hydrogens (tertiary/aromatic N) is 1. The lowest BCUT2D eigenvalue weighted by Gasteiger charge is -2.21. The minimum atomic E-state index is 0.573. The molecule has 1 unspecified atom stereocenters. The van der Waals surface area contributed by atoms with Crippen LogP contribution >= 0.6 is 0 Å². The van der Waals surface area contributed by atoms with Crippen LogP contribution in [0, 0.1) is 13.8 Å². The van der Waals surface area contributed by atoms with E-state index in [0.717, 1.165) is 6.54 Å². The second-order valence-electron chi connectivity index (χ2n) is 5.79. The van der Waals surface area contributed by atoms with Gasteiger partial charge in [0.15, 0.2) is 0 Å². The Morgan fingerprint density at radius 2 is 1.72 bits per heavy atom. The van der Waals surface area contributed by atoms with Gasteiger partial charge in [0, 0.05) is 19.1 Å². The topological polar surface area (TPSA) is 15.3 Å². The van der Waals surface area contributed by atoms with Crippen molar-refractivity contribution in [2.75, 3.05) is 19.6 Å². The summed E-state index contributed by atoms with van der Waals surface area (Å²) in [5, 5.41) is 3.64. The van der Waals surface area contributed by atoms with E-state index in [4.69, 9.17) is 0 Å². The molecular weight excluding hydrogens is 220 g/mol. The van der Waals surface area contributed by atoms with Crippen LogP contribution < -0.4 is 5.32 Å². The molecule has 0 radical (unpaired) electrons. The lowest BCUT2D eigenvalue weighted by atomic mass is 10.1. The summed E-state index contributed by atoms with van der Waals surface area (Å²) in [5.74, 6) is 0. The highest BCUT2D eigenvalue weighted by atomic mass is 15.2. The van der Waals surface area contributed by atoms with Crippen molar-refractivity contribution in [1.82, 2.24) is 10.2 Å². The molecule has 2 nitrogen and oxygen atoms in total. The number of hydrogen-bond acceptors (Lipinski definition) is 2. The monoisotopic (exact) mass is 246 g/mol. The van der Waals surface area contributed by atoms with E-state index in [9.17, 15) is 0 Å². The number of rotatable bonds is 5. The van der Waals surface area contributed by atoms with Gasteiger partial charge in [-0.15, -0.1) is 0 Å². The summed E-state index contributed by atoms with van der Waals surface area (Å²) in [6.07, 6.45) is 2.76. The van der Waals surface area contributed by atoms with Gasteiger partial charge in [-0.1, -0.05) is 29.3 Å². The van der Waals surface area contributed by atoms with Gasteiger partial charge in [0.1, 0.15) is 0 Å². The zero-order valence-corrected chi connectivity index (χ0v) is 12.0. The Labute approximate surface area is 111 Å². The quantitative estimate of drug-likeness (QED) is 0.859. The lowest BCUT2D eigenvalue weighted by molar-refractivity contribution is 0.298. The van der Waals surface area contributed by atoms with Gasteiger partial charge in [-0.05, 0) is 52.3 Å². The van der Waals surface area contributed by atoms with Crippen LogP contribution in [0.4, 0.5) is 0 Å². The Morgan fingerprint density at radius 3 is 2.33 bits per heavy atom. The maximum absolute atomic E-state index is 3.64. The molecule has 1 fully saturated rings. The Hall–Kier alpha value is -0.860. The average Bonchev–Trinajstić information content (AvgIpc) is 2.78. The molecule has 0 aromatic heterocycles. The van der Waals surface area contributed by atoms with Crippen molar-refractivity contribution in [1.29, 1.82) is 0 Å². The van der Waals surface area contributed by atoms with Crippen molar-refractivity contribution in [3.05, 3.63) is 34.9 Å². The largest absolute Gasteiger partial charge is 0.309 e. The second kappa shape index (κ2) is 6.35. The van der Waals surface area contributed by atoms with Crippen LogP contribution in [0.1, 0.15) is 36.5 Å². The molecule has 1 N–H and O–H groups in total. The highest BCUT2D eigenvalue weighted by molar-refractivity contribution is 5.28. The molecule has 1 atom stereocenters. The Morgan fingerprint density at radius 1 is 1.11 bits per heavy atom. The number of aryl methyl sites for hydroxylation is 2. The third kappa shape index (κ3) is 4.11. The fourth-order valence-corrected chi connectivity index (χ4v) is 2.88. The molecule has 1 aliphatic rings. The third-order valence-electron chi connectivity index (χ3n) is 3.67. The molecule has 1 aliphatic heterocycles. The fourth-order valence-electron chi connectivity index (χ4n) is 2.88. The van der Waals surface area contributed by atoms with Crippen molar-refractivity contribution < 1.29 is 0 Å². The summed E-state index contributed by atoms with van der Waals surface area (Å²) >= 11 is 0. The van der Waals surface area contributed by atoms with E-state index in [0.29, 0.717) is 6.04 Å². The van der Waals surface area contributed by atoms with Crippen LogP contribution in [0.15, 0.2) is 18.2 Å². The van der Waals surface area contributed by atoms with Crippen LogP contribution in [-0.4, -0.2) is 30.6 Å². The van der Waals surface area contributed by atoms with Gasteiger partial charge in [0.05, 0.1) is 0 Å². The highest BCUT2D eigenvalue weighted by Crippen LogP contribution is 2.10. The van der Waals surface area contributed by atoms with Gasteiger partial charge in [-0.25, -0.2) is 0 Å². The van der Waals surface area contributed by atoms with Gasteiger partial charge in [0.2, 0.25) is 0 Å². The third-order valence-corrected chi connectivity index (χ3v) is 3.67. The van der Waals surface area contributed by atoms with Gasteiger partial charge in [-0.2, -0.15) is 0 Å². The van der Waals surface area contributed by atoms with E-state index in [2.05, 4.69) is 49.2 Å². The average molecular weight is 246 g/mol. The first-order valence-corrected chi connectivity index (χ1v) is 7.16. The predicted octanol–water partition coefficient (Wildman–Crippen LogP) is 2.88. The van der Waals surface area contributed by atoms with Crippen LogP contribution in [0.5, 0.6) is 0 Å². The van der Waals surface area contributed by atoms with Crippen LogP contribution in [0.25, 0.3) is 0 Å². The molecule has 100 valence electrons. The second-order valence-corrected chi connectivity index (χ2v) is 5.79. The summed E-state index contributed by atoms with van der Waals surface area (Å²) in [4.78, 5) is 2.57. The summed E-state index contributed by atoms with van der Waals surface area (Å²) in [6, 6.07) is 7.37. The molecule has 1 aromatic carbocycles. The number of nitrogens with one attached hydrogen (secondary N) is 1. The zero-order chi connectivity index (χ0) is 13.0. The summed E-state index contributed by atoms with van der Waals surface area (Å²) in [6.45, 7) is 11.4. The van der Waals surface area contributed by atoms with Crippen LogP contribution in [0.3, 0.4) is 0 Å². The van der Waals surface area contributed by atoms with Crippen molar-refractivity contribution in [3.63, 3.8) is 0 Å². The first-order valence-electron chi connectivity index (χ1n) is 7.16. The normalized spacial score (nSPS) is 18.2. The van der Waals surface area contributed by atoms with E-state index in [-0.39, 0.29) is 0 Å². The Kier molecular flexibility index (Phi) is 4.79. The number of benzene rings is 1. The molecule has 0 bridgehead atoms. The van der Waals surface area contributed by atoms with E-state index >= 15 is 0 Å². The first kappa shape index (κ1) is 13.6. The van der Waals surface area contributed by atoms with Gasteiger partial charge < -0.3 is 10.2 Å². The molecule has 0 amide bonds. The SMILES string of the molecule is Cc1cc(C)cc(CNC(C)CN2CCCC2)c1. The maximum atomic E-state index is 3.64. The Balaban J connectivity index is 1.79. The number of hydrogen-bond donors (Lipinski definition) is 1. The van der Waals surface area contributed by atoms with Crippen molar-refractivity contribution in [2.24, 2.45) is 0 Å². The van der Waals surface area contributed by atoms with Crippen LogP contribution in [-0.2, 0) is 6.54 Å². The molecule has 0 spiro atoms. The van der Waals surface area contributed by atoms with Crippen molar-refractivity contribution in [2.45, 2.75) is 46.2 Å². The molecule has 0 saturated carbocycles. The van der Waals surface area contributed by atoms with Gasteiger partial charge >= 0.3 is 0 Å². The molecular formula is C16H26N2. The summed E-state index contributed by atoms with van der Waals surface area (Å²) < 4.78 is 0. The fraction of sp³-hybridized carbons (Fsp3) is 0.625. The summed E-state index contributed by atoms with van der Waals surface area (Å²) in [7, 11) is 0. The minimum Gasteiger partial charge on any atom is -0.309 e. The smallest absolute Gasteiger partial charge is 0.0208 e. The lowest BCUT2D eigenvalue weighted by Crippen LogP contribution is -2.37. The van der Waals surface area contributed by atoms with Gasteiger partial charge in [-0.3, -0.25) is 0 Å². The molecule has 1 heterocycles. The highest BCUT2D eigenvalue weighted by Gasteiger charge is 2.14. The number of likely N-dealkylation sites (tertiary alicyclic amines) is 1. The van der Waals surface area contributed by atoms with E-state index in [1.165, 1.54) is 49.2 Å². The van der Waals surface area contributed by atoms with Crippen LogP contribution in [0.2, 0.25) is 0 Å². The molecule has 1 saturated heterocycles. The van der Waals surface area contributed by atoms with Crippen molar-refractivity contribution in [3.8, 4) is 0 Å². The maximum Gasteiger partial charge on any atom is 0.0208 e. The molecule has 0 aliphatic carbocycles. The van der Waals surface area contributed by atoms with E-state index in [1.807, 2.05) is 0 Å². The van der Waals surface area contributed by atoms with Gasteiger partial charge in [0.25, 0.3) is 0 Å². The summed E-state index contributed by atoms with van der Waals surface area (Å²) in [5.41, 5.74) is 4.12. The standard InChI is InChI=1S/C16H26N2/c1-13-8-14(2)10-16(9-13)11-17-15(3)12-18-6-4-5-7-18/h8-10,15,17H,4-7,11-12H2,1-3H3. The molecule has 18 heavy (non-hydrogen) atoms.